The molecule has 1 N–H and O–H groups in total. The molecule has 1 unspecified atom stereocenters. The molecule has 1 atom stereocenters. The third-order valence-corrected chi connectivity index (χ3v) is 3.77. The number of ketones is 1. The Kier molecular flexibility index (Phi) is 2.90. The summed E-state index contributed by atoms with van der Waals surface area (Å²) in [5.74, 6) is -0.0749. The van der Waals surface area contributed by atoms with Crippen molar-refractivity contribution in [1.82, 2.24) is 5.32 Å². The van der Waals surface area contributed by atoms with Crippen LogP contribution >= 0.6 is 0 Å². The second kappa shape index (κ2) is 4.60. The largest absolute Gasteiger partial charge is 0.342 e. The van der Waals surface area contributed by atoms with Gasteiger partial charge in [0.25, 0.3) is 5.91 Å². The van der Waals surface area contributed by atoms with Crippen LogP contribution in [0.2, 0.25) is 0 Å². The van der Waals surface area contributed by atoms with Gasteiger partial charge in [-0.15, -0.1) is 0 Å². The van der Waals surface area contributed by atoms with Crippen molar-refractivity contribution in [3.8, 4) is 0 Å². The lowest BCUT2D eigenvalue weighted by molar-refractivity contribution is 0.0894. The average molecular weight is 265 g/mol. The molecule has 0 aromatic heterocycles. The van der Waals surface area contributed by atoms with E-state index in [0.29, 0.717) is 11.1 Å². The van der Waals surface area contributed by atoms with E-state index in [2.05, 4.69) is 5.32 Å². The Morgan fingerprint density at radius 2 is 1.70 bits per heavy atom. The summed E-state index contributed by atoms with van der Waals surface area (Å²) in [6.07, 6.45) is 0.264. The van der Waals surface area contributed by atoms with Gasteiger partial charge in [0.2, 0.25) is 0 Å². The molecular weight excluding hydrogens is 250 g/mol. The van der Waals surface area contributed by atoms with Gasteiger partial charge in [0, 0.05) is 17.5 Å². The summed E-state index contributed by atoms with van der Waals surface area (Å²) in [5.41, 5.74) is 1.61. The van der Waals surface area contributed by atoms with E-state index in [0.717, 1.165) is 5.56 Å². The maximum atomic E-state index is 12.4. The fourth-order valence-corrected chi connectivity index (χ4v) is 2.73. The Balaban J connectivity index is 1.92. The summed E-state index contributed by atoms with van der Waals surface area (Å²) < 4.78 is 0. The molecule has 0 bridgehead atoms. The number of rotatable bonds is 3. The van der Waals surface area contributed by atoms with E-state index < -0.39 is 5.54 Å². The molecule has 20 heavy (non-hydrogen) atoms. The zero-order valence-corrected chi connectivity index (χ0v) is 11.2. The highest BCUT2D eigenvalue weighted by molar-refractivity contribution is 6.02. The molecule has 100 valence electrons. The third kappa shape index (κ3) is 2.01. The zero-order chi connectivity index (χ0) is 14.2. The first kappa shape index (κ1) is 12.6. The molecule has 0 fully saturated rings. The minimum absolute atomic E-state index is 0.0325. The number of hydrogen-bond donors (Lipinski definition) is 1. The van der Waals surface area contributed by atoms with Crippen molar-refractivity contribution in [2.45, 2.75) is 18.9 Å². The number of carbonyl (C=O) groups is 2. The predicted molar refractivity (Wildman–Crippen MR) is 76.6 cm³/mol. The molecule has 0 saturated heterocycles. The number of hydrogen-bond acceptors (Lipinski definition) is 2. The number of amides is 1. The molecule has 3 nitrogen and oxygen atoms in total. The molecule has 1 heterocycles. The van der Waals surface area contributed by atoms with Crippen LogP contribution in [0, 0.1) is 0 Å². The van der Waals surface area contributed by atoms with E-state index in [1.165, 1.54) is 0 Å². The number of fused-ring (bicyclic) bond motifs is 1. The highest BCUT2D eigenvalue weighted by Gasteiger charge is 2.40. The number of Topliss-reactive ketones (excluding diaryl/α,β-unsaturated/α-hetero) is 1. The molecule has 0 saturated carbocycles. The molecule has 0 spiro atoms. The highest BCUT2D eigenvalue weighted by Crippen LogP contribution is 2.34. The molecule has 1 aliphatic rings. The summed E-state index contributed by atoms with van der Waals surface area (Å²) in [6, 6.07) is 16.6. The van der Waals surface area contributed by atoms with Gasteiger partial charge in [-0.05, 0) is 18.6 Å². The van der Waals surface area contributed by atoms with Gasteiger partial charge in [-0.25, -0.2) is 0 Å². The van der Waals surface area contributed by atoms with Crippen LogP contribution in [0.25, 0.3) is 0 Å². The molecule has 3 rings (SSSR count). The minimum atomic E-state index is -0.624. The second-order valence-corrected chi connectivity index (χ2v) is 5.30. The fourth-order valence-electron chi connectivity index (χ4n) is 2.73. The lowest BCUT2D eigenvalue weighted by Crippen LogP contribution is -2.38. The van der Waals surface area contributed by atoms with Crippen LogP contribution in [0.5, 0.6) is 0 Å². The predicted octanol–water partition coefficient (Wildman–Crippen LogP) is 2.92. The van der Waals surface area contributed by atoms with Crippen LogP contribution < -0.4 is 5.32 Å². The van der Waals surface area contributed by atoms with Gasteiger partial charge < -0.3 is 5.32 Å². The smallest absolute Gasteiger partial charge is 0.252 e. The van der Waals surface area contributed by atoms with Crippen molar-refractivity contribution in [1.29, 1.82) is 0 Å². The van der Waals surface area contributed by atoms with E-state index in [1.54, 1.807) is 18.2 Å². The van der Waals surface area contributed by atoms with E-state index in [-0.39, 0.29) is 18.1 Å². The van der Waals surface area contributed by atoms with Crippen molar-refractivity contribution in [3.05, 3.63) is 71.3 Å². The maximum absolute atomic E-state index is 12.4. The number of benzene rings is 2. The van der Waals surface area contributed by atoms with Crippen molar-refractivity contribution in [2.75, 3.05) is 0 Å². The fraction of sp³-hybridized carbons (Fsp3) is 0.176. The Morgan fingerprint density at radius 1 is 1.05 bits per heavy atom. The average Bonchev–Trinajstić information content (AvgIpc) is 2.72. The van der Waals surface area contributed by atoms with Crippen LogP contribution in [0.3, 0.4) is 0 Å². The first-order chi connectivity index (χ1) is 9.60. The molecule has 2 aromatic carbocycles. The van der Waals surface area contributed by atoms with Gasteiger partial charge in [-0.2, -0.15) is 0 Å². The van der Waals surface area contributed by atoms with Gasteiger partial charge in [0.05, 0.1) is 5.54 Å². The molecule has 0 aliphatic carbocycles. The summed E-state index contributed by atoms with van der Waals surface area (Å²) in [5, 5.41) is 2.94. The second-order valence-electron chi connectivity index (χ2n) is 5.30. The maximum Gasteiger partial charge on any atom is 0.252 e. The van der Waals surface area contributed by atoms with E-state index in [1.807, 2.05) is 43.3 Å². The van der Waals surface area contributed by atoms with Gasteiger partial charge in [0.15, 0.2) is 5.78 Å². The molecule has 3 heteroatoms. The normalized spacial score (nSPS) is 20.4. The molecule has 2 aromatic rings. The van der Waals surface area contributed by atoms with Crippen LogP contribution in [0.4, 0.5) is 0 Å². The van der Waals surface area contributed by atoms with Crippen LogP contribution in [0.1, 0.15) is 39.6 Å². The molecular formula is C17H15NO2. The van der Waals surface area contributed by atoms with Gasteiger partial charge >= 0.3 is 0 Å². The van der Waals surface area contributed by atoms with Crippen LogP contribution in [0.15, 0.2) is 54.6 Å². The standard InChI is InChI=1S/C17H15NO2/c1-17(11-15(19)12-7-3-2-4-8-12)14-10-6-5-9-13(14)16(20)18-17/h2-10H,11H2,1H3,(H,18,20). The Hall–Kier alpha value is -2.42. The van der Waals surface area contributed by atoms with Gasteiger partial charge in [0.1, 0.15) is 0 Å². The van der Waals surface area contributed by atoms with Crippen LogP contribution in [-0.2, 0) is 5.54 Å². The topological polar surface area (TPSA) is 46.2 Å². The molecule has 1 amide bonds. The SMILES string of the molecule is CC1(CC(=O)c2ccccc2)NC(=O)c2ccccc21. The molecule has 0 radical (unpaired) electrons. The van der Waals surface area contributed by atoms with E-state index in [9.17, 15) is 9.59 Å². The summed E-state index contributed by atoms with van der Waals surface area (Å²) in [7, 11) is 0. The number of carbonyl (C=O) groups excluding carboxylic acids is 2. The van der Waals surface area contributed by atoms with E-state index >= 15 is 0 Å². The quantitative estimate of drug-likeness (QED) is 0.867. The zero-order valence-electron chi connectivity index (χ0n) is 11.2. The Morgan fingerprint density at radius 3 is 2.45 bits per heavy atom. The Labute approximate surface area is 117 Å². The number of nitrogens with one attached hydrogen (secondary N) is 1. The molecule has 1 aliphatic heterocycles. The van der Waals surface area contributed by atoms with Crippen molar-refractivity contribution >= 4 is 11.7 Å². The summed E-state index contributed by atoms with van der Waals surface area (Å²) >= 11 is 0. The van der Waals surface area contributed by atoms with Crippen LogP contribution in [-0.4, -0.2) is 11.7 Å². The van der Waals surface area contributed by atoms with Gasteiger partial charge in [-0.3, -0.25) is 9.59 Å². The van der Waals surface area contributed by atoms with E-state index in [4.69, 9.17) is 0 Å². The lowest BCUT2D eigenvalue weighted by Gasteiger charge is -2.24. The summed E-state index contributed by atoms with van der Waals surface area (Å²) in [4.78, 5) is 24.3. The summed E-state index contributed by atoms with van der Waals surface area (Å²) in [6.45, 7) is 1.90. The highest BCUT2D eigenvalue weighted by atomic mass is 16.2. The Bertz CT molecular complexity index is 678. The van der Waals surface area contributed by atoms with Crippen molar-refractivity contribution < 1.29 is 9.59 Å². The van der Waals surface area contributed by atoms with Crippen molar-refractivity contribution in [2.24, 2.45) is 0 Å². The van der Waals surface area contributed by atoms with Crippen molar-refractivity contribution in [3.63, 3.8) is 0 Å². The minimum Gasteiger partial charge on any atom is -0.342 e. The van der Waals surface area contributed by atoms with Gasteiger partial charge in [-0.1, -0.05) is 48.5 Å². The third-order valence-electron chi connectivity index (χ3n) is 3.77. The first-order valence-electron chi connectivity index (χ1n) is 6.60. The monoisotopic (exact) mass is 265 g/mol. The lowest BCUT2D eigenvalue weighted by atomic mass is 9.86. The first-order valence-corrected chi connectivity index (χ1v) is 6.60.